The smallest absolute Gasteiger partial charge is 0.243 e. The first-order valence-electron chi connectivity index (χ1n) is 7.08. The minimum Gasteiger partial charge on any atom is -0.455 e. The summed E-state index contributed by atoms with van der Waals surface area (Å²) in [6, 6.07) is 11.7. The second-order valence-electron chi connectivity index (χ2n) is 5.03. The van der Waals surface area contributed by atoms with Crippen LogP contribution in [0.4, 0.5) is 10.3 Å². The van der Waals surface area contributed by atoms with Crippen LogP contribution in [0.25, 0.3) is 11.3 Å². The summed E-state index contributed by atoms with van der Waals surface area (Å²) in [6.45, 7) is 3.77. The van der Waals surface area contributed by atoms with Crippen LogP contribution in [0, 0.1) is 19.7 Å². The van der Waals surface area contributed by atoms with Gasteiger partial charge in [-0.2, -0.15) is 5.10 Å². The molecule has 0 aliphatic heterocycles. The van der Waals surface area contributed by atoms with Gasteiger partial charge in [0, 0.05) is 11.4 Å². The Morgan fingerprint density at radius 1 is 1.09 bits per heavy atom. The Bertz CT molecular complexity index is 837. The number of halogens is 1. The molecule has 3 aromatic rings. The first-order chi connectivity index (χ1) is 11.1. The van der Waals surface area contributed by atoms with Crippen LogP contribution in [0.2, 0.25) is 0 Å². The van der Waals surface area contributed by atoms with Crippen molar-refractivity contribution in [3.05, 3.63) is 65.4 Å². The van der Waals surface area contributed by atoms with Gasteiger partial charge in [-0.25, -0.2) is 19.8 Å². The summed E-state index contributed by atoms with van der Waals surface area (Å²) in [4.78, 5) is 8.43. The number of hydrazone groups is 1. The summed E-state index contributed by atoms with van der Waals surface area (Å²) in [5, 5.41) is 4.04. The number of anilines is 1. The maximum Gasteiger partial charge on any atom is 0.243 e. The Balaban J connectivity index is 1.73. The summed E-state index contributed by atoms with van der Waals surface area (Å²) in [7, 11) is 0. The number of rotatable bonds is 4. The van der Waals surface area contributed by atoms with Crippen LogP contribution >= 0.6 is 0 Å². The number of nitrogens with one attached hydrogen (secondary N) is 1. The monoisotopic (exact) mass is 310 g/mol. The molecule has 0 aliphatic carbocycles. The lowest BCUT2D eigenvalue weighted by Crippen LogP contribution is -1.99. The Morgan fingerprint density at radius 2 is 1.83 bits per heavy atom. The van der Waals surface area contributed by atoms with Crippen LogP contribution in [-0.2, 0) is 0 Å². The third-order valence-electron chi connectivity index (χ3n) is 3.10. The number of hydrogen-bond donors (Lipinski definition) is 1. The largest absolute Gasteiger partial charge is 0.455 e. The van der Waals surface area contributed by atoms with Gasteiger partial charge in [0.05, 0.1) is 11.8 Å². The third kappa shape index (κ3) is 3.60. The van der Waals surface area contributed by atoms with E-state index >= 15 is 0 Å². The Hall–Kier alpha value is -3.02. The van der Waals surface area contributed by atoms with E-state index in [1.165, 1.54) is 12.3 Å². The molecule has 0 bridgehead atoms. The highest BCUT2D eigenvalue weighted by molar-refractivity contribution is 5.78. The highest BCUT2D eigenvalue weighted by Crippen LogP contribution is 2.24. The first-order valence-corrected chi connectivity index (χ1v) is 7.08. The lowest BCUT2D eigenvalue weighted by molar-refractivity contribution is 0.563. The van der Waals surface area contributed by atoms with Gasteiger partial charge in [-0.05, 0) is 44.2 Å². The Morgan fingerprint density at radius 3 is 2.57 bits per heavy atom. The molecule has 1 aromatic carbocycles. The van der Waals surface area contributed by atoms with Gasteiger partial charge in [-0.15, -0.1) is 0 Å². The fraction of sp³-hybridized carbons (Fsp3) is 0.118. The Labute approximate surface area is 132 Å². The van der Waals surface area contributed by atoms with Crippen molar-refractivity contribution in [3.8, 4) is 11.3 Å². The zero-order valence-electron chi connectivity index (χ0n) is 12.7. The fourth-order valence-electron chi connectivity index (χ4n) is 2.16. The summed E-state index contributed by atoms with van der Waals surface area (Å²) in [5.41, 5.74) is 4.88. The van der Waals surface area contributed by atoms with Crippen LogP contribution in [0.5, 0.6) is 0 Å². The van der Waals surface area contributed by atoms with E-state index in [0.29, 0.717) is 23.0 Å². The normalized spacial score (nSPS) is 11.1. The van der Waals surface area contributed by atoms with Gasteiger partial charge in [-0.3, -0.25) is 0 Å². The summed E-state index contributed by atoms with van der Waals surface area (Å²) in [6.07, 6.45) is 1.49. The van der Waals surface area contributed by atoms with E-state index in [9.17, 15) is 4.39 Å². The van der Waals surface area contributed by atoms with Gasteiger partial charge < -0.3 is 4.42 Å². The predicted molar refractivity (Wildman–Crippen MR) is 86.8 cm³/mol. The van der Waals surface area contributed by atoms with E-state index in [-0.39, 0.29) is 5.82 Å². The molecule has 1 N–H and O–H groups in total. The number of furan rings is 1. The van der Waals surface area contributed by atoms with Crippen molar-refractivity contribution < 1.29 is 8.81 Å². The molecule has 0 saturated heterocycles. The molecule has 6 heteroatoms. The molecular formula is C17H15FN4O. The molecule has 0 spiro atoms. The molecule has 5 nitrogen and oxygen atoms in total. The fourth-order valence-corrected chi connectivity index (χ4v) is 2.16. The van der Waals surface area contributed by atoms with Gasteiger partial charge in [-0.1, -0.05) is 12.1 Å². The van der Waals surface area contributed by atoms with Gasteiger partial charge in [0.1, 0.15) is 17.3 Å². The number of benzene rings is 1. The van der Waals surface area contributed by atoms with Crippen molar-refractivity contribution in [2.45, 2.75) is 13.8 Å². The molecule has 2 aromatic heterocycles. The molecule has 2 heterocycles. The maximum absolute atomic E-state index is 13.7. The van der Waals surface area contributed by atoms with E-state index < -0.39 is 0 Å². The highest BCUT2D eigenvalue weighted by atomic mass is 19.1. The van der Waals surface area contributed by atoms with Crippen molar-refractivity contribution in [1.82, 2.24) is 9.97 Å². The maximum atomic E-state index is 13.7. The summed E-state index contributed by atoms with van der Waals surface area (Å²) >= 11 is 0. The lowest BCUT2D eigenvalue weighted by Gasteiger charge is -2.01. The second-order valence-corrected chi connectivity index (χ2v) is 5.03. The number of aryl methyl sites for hydroxylation is 2. The zero-order valence-corrected chi connectivity index (χ0v) is 12.7. The minimum absolute atomic E-state index is 0.327. The van der Waals surface area contributed by atoms with E-state index in [1.807, 2.05) is 19.9 Å². The van der Waals surface area contributed by atoms with Gasteiger partial charge in [0.2, 0.25) is 5.95 Å². The number of aromatic nitrogens is 2. The molecule has 116 valence electrons. The predicted octanol–water partition coefficient (Wildman–Crippen LogP) is 3.94. The van der Waals surface area contributed by atoms with Crippen LogP contribution < -0.4 is 5.43 Å². The third-order valence-corrected chi connectivity index (χ3v) is 3.10. The SMILES string of the molecule is Cc1cc(C)nc(N/N=C\c2ccc(-c3ccccc3F)o2)n1. The van der Waals surface area contributed by atoms with Crippen molar-refractivity contribution in [1.29, 1.82) is 0 Å². The average molecular weight is 310 g/mol. The zero-order chi connectivity index (χ0) is 16.2. The quantitative estimate of drug-likeness (QED) is 0.585. The molecule has 3 rings (SSSR count). The molecular weight excluding hydrogens is 295 g/mol. The standard InChI is InChI=1S/C17H15FN4O/c1-11-9-12(2)21-17(20-11)22-19-10-13-7-8-16(23-13)14-5-3-4-6-15(14)18/h3-10H,1-2H3,(H,20,21,22)/b19-10-. The van der Waals surface area contributed by atoms with E-state index in [1.54, 1.807) is 30.3 Å². The van der Waals surface area contributed by atoms with Gasteiger partial charge >= 0.3 is 0 Å². The summed E-state index contributed by atoms with van der Waals surface area (Å²) < 4.78 is 19.3. The van der Waals surface area contributed by atoms with E-state index in [0.717, 1.165) is 11.4 Å². The van der Waals surface area contributed by atoms with E-state index in [4.69, 9.17) is 4.42 Å². The van der Waals surface area contributed by atoms with Crippen LogP contribution in [0.15, 0.2) is 52.0 Å². The molecule has 0 radical (unpaired) electrons. The summed E-state index contributed by atoms with van der Waals surface area (Å²) in [5.74, 6) is 1.04. The van der Waals surface area contributed by atoms with Crippen LogP contribution in [0.3, 0.4) is 0 Å². The van der Waals surface area contributed by atoms with Crippen LogP contribution in [-0.4, -0.2) is 16.2 Å². The van der Waals surface area contributed by atoms with Crippen molar-refractivity contribution in [2.24, 2.45) is 5.10 Å². The number of nitrogens with zero attached hydrogens (tertiary/aromatic N) is 3. The molecule has 0 amide bonds. The Kier molecular flexibility index (Phi) is 4.14. The van der Waals surface area contributed by atoms with Crippen molar-refractivity contribution in [3.63, 3.8) is 0 Å². The molecule has 0 aliphatic rings. The first kappa shape index (κ1) is 14.9. The van der Waals surface area contributed by atoms with Crippen molar-refractivity contribution in [2.75, 3.05) is 5.43 Å². The van der Waals surface area contributed by atoms with Gasteiger partial charge in [0.15, 0.2) is 0 Å². The topological polar surface area (TPSA) is 63.3 Å². The molecule has 0 fully saturated rings. The lowest BCUT2D eigenvalue weighted by atomic mass is 10.1. The highest BCUT2D eigenvalue weighted by Gasteiger charge is 2.08. The second kappa shape index (κ2) is 6.39. The molecule has 0 atom stereocenters. The van der Waals surface area contributed by atoms with Crippen LogP contribution in [0.1, 0.15) is 17.1 Å². The van der Waals surface area contributed by atoms with Gasteiger partial charge in [0.25, 0.3) is 0 Å². The van der Waals surface area contributed by atoms with Crippen molar-refractivity contribution >= 4 is 12.2 Å². The van der Waals surface area contributed by atoms with E-state index in [2.05, 4.69) is 20.5 Å². The molecule has 0 unspecified atom stereocenters. The molecule has 23 heavy (non-hydrogen) atoms. The molecule has 0 saturated carbocycles. The minimum atomic E-state index is -0.327. The average Bonchev–Trinajstić information content (AvgIpc) is 2.95. The number of hydrogen-bond acceptors (Lipinski definition) is 5.